The molecule has 1 N–H and O–H groups in total. The normalized spacial score (nSPS) is 10.7. The second kappa shape index (κ2) is 5.94. The minimum atomic E-state index is 0.928. The van der Waals surface area contributed by atoms with Crippen LogP contribution in [0.3, 0.4) is 0 Å². The van der Waals surface area contributed by atoms with Gasteiger partial charge in [0.1, 0.15) is 5.01 Å². The van der Waals surface area contributed by atoms with Crippen molar-refractivity contribution in [1.29, 1.82) is 0 Å². The lowest BCUT2D eigenvalue weighted by Crippen LogP contribution is -2.12. The molecule has 0 spiro atoms. The van der Waals surface area contributed by atoms with E-state index in [1.54, 1.807) is 11.3 Å². The maximum Gasteiger partial charge on any atom is 0.123 e. The van der Waals surface area contributed by atoms with Gasteiger partial charge in [-0.05, 0) is 19.9 Å². The van der Waals surface area contributed by atoms with Crippen LogP contribution in [0.4, 0.5) is 0 Å². The zero-order chi connectivity index (χ0) is 12.1. The van der Waals surface area contributed by atoms with Gasteiger partial charge in [-0.3, -0.25) is 0 Å². The van der Waals surface area contributed by atoms with E-state index < -0.39 is 0 Å². The molecule has 0 unspecified atom stereocenters. The van der Waals surface area contributed by atoms with Crippen LogP contribution in [0.15, 0.2) is 30.5 Å². The summed E-state index contributed by atoms with van der Waals surface area (Å²) in [7, 11) is 0. The second-order valence-corrected chi connectivity index (χ2v) is 5.29. The van der Waals surface area contributed by atoms with Gasteiger partial charge in [-0.25, -0.2) is 4.98 Å². The quantitative estimate of drug-likeness (QED) is 0.815. The van der Waals surface area contributed by atoms with Crippen molar-refractivity contribution in [3.05, 3.63) is 40.9 Å². The third-order valence-electron chi connectivity index (χ3n) is 2.58. The number of aryl methyl sites for hydroxylation is 1. The Morgan fingerprint density at radius 1 is 1.24 bits per heavy atom. The molecule has 0 saturated heterocycles. The summed E-state index contributed by atoms with van der Waals surface area (Å²) < 4.78 is 0. The topological polar surface area (TPSA) is 24.9 Å². The lowest BCUT2D eigenvalue weighted by molar-refractivity contribution is 0.681. The van der Waals surface area contributed by atoms with Gasteiger partial charge in [-0.2, -0.15) is 0 Å². The van der Waals surface area contributed by atoms with Gasteiger partial charge in [-0.1, -0.05) is 36.8 Å². The molecule has 2 aromatic rings. The number of thiazole rings is 1. The molecule has 0 fully saturated rings. The summed E-state index contributed by atoms with van der Waals surface area (Å²) >= 11 is 1.77. The fourth-order valence-corrected chi connectivity index (χ4v) is 2.49. The standard InChI is InChI=1S/C14H18N2S/c1-3-8-15-9-13-10-16-14(17-13)12-6-4-11(2)5-7-12/h4-7,10,15H,3,8-9H2,1-2H3. The zero-order valence-corrected chi connectivity index (χ0v) is 11.2. The number of hydrogen-bond donors (Lipinski definition) is 1. The smallest absolute Gasteiger partial charge is 0.123 e. The minimum absolute atomic E-state index is 0.928. The highest BCUT2D eigenvalue weighted by Crippen LogP contribution is 2.25. The zero-order valence-electron chi connectivity index (χ0n) is 10.4. The molecule has 17 heavy (non-hydrogen) atoms. The first-order valence-electron chi connectivity index (χ1n) is 6.02. The lowest BCUT2D eigenvalue weighted by Gasteiger charge is -1.98. The highest BCUT2D eigenvalue weighted by atomic mass is 32.1. The predicted molar refractivity (Wildman–Crippen MR) is 74.3 cm³/mol. The van der Waals surface area contributed by atoms with Gasteiger partial charge in [-0.15, -0.1) is 11.3 Å². The van der Waals surface area contributed by atoms with E-state index in [1.165, 1.54) is 22.4 Å². The van der Waals surface area contributed by atoms with Crippen LogP contribution < -0.4 is 5.32 Å². The number of hydrogen-bond acceptors (Lipinski definition) is 3. The Bertz CT molecular complexity index is 459. The van der Waals surface area contributed by atoms with Gasteiger partial charge < -0.3 is 5.32 Å². The third-order valence-corrected chi connectivity index (χ3v) is 3.62. The van der Waals surface area contributed by atoms with Crippen molar-refractivity contribution in [2.75, 3.05) is 6.54 Å². The van der Waals surface area contributed by atoms with Crippen LogP contribution >= 0.6 is 11.3 Å². The van der Waals surface area contributed by atoms with E-state index in [0.717, 1.165) is 18.1 Å². The summed E-state index contributed by atoms with van der Waals surface area (Å²) in [4.78, 5) is 5.77. The van der Waals surface area contributed by atoms with Gasteiger partial charge in [0.15, 0.2) is 0 Å². The first-order chi connectivity index (χ1) is 8.29. The monoisotopic (exact) mass is 246 g/mol. The number of rotatable bonds is 5. The predicted octanol–water partition coefficient (Wildman–Crippen LogP) is 3.62. The number of benzene rings is 1. The number of nitrogens with one attached hydrogen (secondary N) is 1. The molecule has 90 valence electrons. The number of aromatic nitrogens is 1. The summed E-state index contributed by atoms with van der Waals surface area (Å²) in [5, 5.41) is 4.51. The highest BCUT2D eigenvalue weighted by Gasteiger charge is 2.03. The van der Waals surface area contributed by atoms with Crippen LogP contribution in [0, 0.1) is 6.92 Å². The van der Waals surface area contributed by atoms with E-state index in [-0.39, 0.29) is 0 Å². The van der Waals surface area contributed by atoms with Crippen LogP contribution in [-0.2, 0) is 6.54 Å². The molecule has 0 bridgehead atoms. The molecule has 0 aliphatic rings. The second-order valence-electron chi connectivity index (χ2n) is 4.17. The first kappa shape index (κ1) is 12.3. The Kier molecular flexibility index (Phi) is 4.29. The van der Waals surface area contributed by atoms with Crippen LogP contribution in [0.5, 0.6) is 0 Å². The average Bonchev–Trinajstić information content (AvgIpc) is 2.79. The Morgan fingerprint density at radius 2 is 2.00 bits per heavy atom. The molecule has 0 aliphatic heterocycles. The lowest BCUT2D eigenvalue weighted by atomic mass is 10.2. The van der Waals surface area contributed by atoms with Crippen molar-refractivity contribution in [3.8, 4) is 10.6 Å². The molecule has 1 aromatic carbocycles. The summed E-state index contributed by atoms with van der Waals surface area (Å²) in [6.45, 7) is 6.28. The summed E-state index contributed by atoms with van der Waals surface area (Å²) in [5.74, 6) is 0. The van der Waals surface area contributed by atoms with Crippen molar-refractivity contribution in [3.63, 3.8) is 0 Å². The molecule has 3 heteroatoms. The van der Waals surface area contributed by atoms with Gasteiger partial charge in [0.05, 0.1) is 0 Å². The summed E-state index contributed by atoms with van der Waals surface area (Å²) in [6, 6.07) is 8.53. The largest absolute Gasteiger partial charge is 0.312 e. The molecule has 1 heterocycles. The van der Waals surface area contributed by atoms with Crippen molar-refractivity contribution < 1.29 is 0 Å². The van der Waals surface area contributed by atoms with Crippen molar-refractivity contribution in [1.82, 2.24) is 10.3 Å². The minimum Gasteiger partial charge on any atom is -0.312 e. The van der Waals surface area contributed by atoms with E-state index in [2.05, 4.69) is 48.4 Å². The van der Waals surface area contributed by atoms with Crippen LogP contribution in [0.2, 0.25) is 0 Å². The van der Waals surface area contributed by atoms with Crippen LogP contribution in [0.1, 0.15) is 23.8 Å². The highest BCUT2D eigenvalue weighted by molar-refractivity contribution is 7.15. The van der Waals surface area contributed by atoms with Crippen LogP contribution in [0.25, 0.3) is 10.6 Å². The van der Waals surface area contributed by atoms with E-state index in [9.17, 15) is 0 Å². The Morgan fingerprint density at radius 3 is 2.71 bits per heavy atom. The van der Waals surface area contributed by atoms with E-state index >= 15 is 0 Å². The molecular weight excluding hydrogens is 228 g/mol. The van der Waals surface area contributed by atoms with Crippen molar-refractivity contribution in [2.24, 2.45) is 0 Å². The Balaban J connectivity index is 2.04. The summed E-state index contributed by atoms with van der Waals surface area (Å²) in [5.41, 5.74) is 2.50. The van der Waals surface area contributed by atoms with Gasteiger partial charge in [0.2, 0.25) is 0 Å². The fourth-order valence-electron chi connectivity index (χ4n) is 1.61. The fraction of sp³-hybridized carbons (Fsp3) is 0.357. The third kappa shape index (κ3) is 3.38. The van der Waals surface area contributed by atoms with Gasteiger partial charge in [0.25, 0.3) is 0 Å². The van der Waals surface area contributed by atoms with Crippen LogP contribution in [-0.4, -0.2) is 11.5 Å². The van der Waals surface area contributed by atoms with Crippen molar-refractivity contribution in [2.45, 2.75) is 26.8 Å². The van der Waals surface area contributed by atoms with Gasteiger partial charge in [0, 0.05) is 23.2 Å². The molecule has 0 radical (unpaired) electrons. The molecular formula is C14H18N2S. The van der Waals surface area contributed by atoms with E-state index in [4.69, 9.17) is 0 Å². The Labute approximate surface area is 107 Å². The summed E-state index contributed by atoms with van der Waals surface area (Å²) in [6.07, 6.45) is 3.14. The first-order valence-corrected chi connectivity index (χ1v) is 6.83. The van der Waals surface area contributed by atoms with Crippen molar-refractivity contribution >= 4 is 11.3 Å². The molecule has 0 aliphatic carbocycles. The molecule has 0 saturated carbocycles. The van der Waals surface area contributed by atoms with E-state index in [1.807, 2.05) is 6.20 Å². The molecule has 1 aromatic heterocycles. The Hall–Kier alpha value is -1.19. The average molecular weight is 246 g/mol. The number of nitrogens with zero attached hydrogens (tertiary/aromatic N) is 1. The molecule has 0 amide bonds. The maximum absolute atomic E-state index is 4.47. The SMILES string of the molecule is CCCNCc1cnc(-c2ccc(C)cc2)s1. The molecule has 2 nitrogen and oxygen atoms in total. The molecule has 0 atom stereocenters. The molecule has 2 rings (SSSR count). The van der Waals surface area contributed by atoms with E-state index in [0.29, 0.717) is 0 Å². The maximum atomic E-state index is 4.47. The van der Waals surface area contributed by atoms with Gasteiger partial charge >= 0.3 is 0 Å².